The summed E-state index contributed by atoms with van der Waals surface area (Å²) < 4.78 is 5.93. The topological polar surface area (TPSA) is 46.3 Å². The Labute approximate surface area is 168 Å². The van der Waals surface area contributed by atoms with E-state index in [1.54, 1.807) is 4.90 Å². The standard InChI is InChI=1S/C23H20N2O2S/c1-17-16-28-23(24-17)25(19-10-6-3-7-11-19)22(26)15-13-20-12-14-21(27-20)18-8-4-2-5-9-18/h2-12,14,16H,13,15H2,1H3. The molecule has 2 heterocycles. The second-order valence-electron chi connectivity index (χ2n) is 6.47. The molecule has 4 rings (SSSR count). The van der Waals surface area contributed by atoms with Gasteiger partial charge in [-0.05, 0) is 31.2 Å². The summed E-state index contributed by atoms with van der Waals surface area (Å²) in [5, 5.41) is 2.65. The first-order valence-corrected chi connectivity index (χ1v) is 10.0. The van der Waals surface area contributed by atoms with Gasteiger partial charge in [0.15, 0.2) is 5.13 Å². The number of thiazole rings is 1. The molecule has 0 atom stereocenters. The lowest BCUT2D eigenvalue weighted by molar-refractivity contribution is -0.117. The number of aryl methyl sites for hydroxylation is 2. The first-order chi connectivity index (χ1) is 13.7. The first-order valence-electron chi connectivity index (χ1n) is 9.15. The number of aromatic nitrogens is 1. The van der Waals surface area contributed by atoms with Crippen LogP contribution in [0.4, 0.5) is 10.8 Å². The number of benzene rings is 2. The Hall–Kier alpha value is -3.18. The highest BCUT2D eigenvalue weighted by molar-refractivity contribution is 7.14. The Morgan fingerprint density at radius 2 is 1.71 bits per heavy atom. The van der Waals surface area contributed by atoms with Crippen molar-refractivity contribution in [1.29, 1.82) is 0 Å². The summed E-state index contributed by atoms with van der Waals surface area (Å²) in [6.45, 7) is 1.93. The van der Waals surface area contributed by atoms with Crippen molar-refractivity contribution in [1.82, 2.24) is 4.98 Å². The molecule has 0 fully saturated rings. The molecular weight excluding hydrogens is 368 g/mol. The highest BCUT2D eigenvalue weighted by atomic mass is 32.1. The largest absolute Gasteiger partial charge is 0.461 e. The van der Waals surface area contributed by atoms with Crippen molar-refractivity contribution in [2.45, 2.75) is 19.8 Å². The molecule has 2 aromatic heterocycles. The molecule has 0 bridgehead atoms. The van der Waals surface area contributed by atoms with Crippen LogP contribution in [0.3, 0.4) is 0 Å². The zero-order valence-electron chi connectivity index (χ0n) is 15.5. The molecule has 0 aliphatic rings. The van der Waals surface area contributed by atoms with Crippen molar-refractivity contribution in [3.8, 4) is 11.3 Å². The molecule has 4 aromatic rings. The molecule has 0 saturated carbocycles. The summed E-state index contributed by atoms with van der Waals surface area (Å²) >= 11 is 1.47. The van der Waals surface area contributed by atoms with Gasteiger partial charge < -0.3 is 4.42 Å². The molecule has 0 aliphatic heterocycles. The van der Waals surface area contributed by atoms with E-state index < -0.39 is 0 Å². The fourth-order valence-corrected chi connectivity index (χ4v) is 3.83. The maximum absolute atomic E-state index is 13.1. The number of hydrogen-bond acceptors (Lipinski definition) is 4. The molecule has 140 valence electrons. The van der Waals surface area contributed by atoms with E-state index in [9.17, 15) is 4.79 Å². The van der Waals surface area contributed by atoms with E-state index in [1.807, 2.05) is 85.1 Å². The molecule has 0 radical (unpaired) electrons. The molecule has 0 spiro atoms. The van der Waals surface area contributed by atoms with Gasteiger partial charge in [-0.3, -0.25) is 9.69 Å². The SMILES string of the molecule is Cc1csc(N(C(=O)CCc2ccc(-c3ccccc3)o2)c2ccccc2)n1. The molecule has 1 amide bonds. The van der Waals surface area contributed by atoms with Crippen LogP contribution in [0.1, 0.15) is 17.9 Å². The lowest BCUT2D eigenvalue weighted by atomic mass is 10.2. The number of hydrogen-bond donors (Lipinski definition) is 0. The van der Waals surface area contributed by atoms with Crippen LogP contribution in [0.15, 0.2) is 82.6 Å². The third kappa shape index (κ3) is 4.05. The van der Waals surface area contributed by atoms with Crippen LogP contribution in [0.25, 0.3) is 11.3 Å². The number of furan rings is 1. The summed E-state index contributed by atoms with van der Waals surface area (Å²) in [7, 11) is 0. The molecule has 0 unspecified atom stereocenters. The maximum Gasteiger partial charge on any atom is 0.233 e. The fraction of sp³-hybridized carbons (Fsp3) is 0.130. The van der Waals surface area contributed by atoms with Crippen molar-refractivity contribution in [2.24, 2.45) is 0 Å². The van der Waals surface area contributed by atoms with Crippen LogP contribution in [0, 0.1) is 6.92 Å². The Bertz CT molecular complexity index is 1050. The number of carbonyl (C=O) groups is 1. The van der Waals surface area contributed by atoms with Crippen molar-refractivity contribution < 1.29 is 9.21 Å². The molecule has 5 heteroatoms. The van der Waals surface area contributed by atoms with Crippen molar-refractivity contribution in [3.63, 3.8) is 0 Å². The quantitative estimate of drug-likeness (QED) is 0.406. The zero-order valence-corrected chi connectivity index (χ0v) is 16.4. The first kappa shape index (κ1) is 18.2. The molecule has 0 N–H and O–H groups in total. The predicted molar refractivity (Wildman–Crippen MR) is 113 cm³/mol. The lowest BCUT2D eigenvalue weighted by Crippen LogP contribution is -2.26. The third-order valence-corrected chi connectivity index (χ3v) is 5.31. The van der Waals surface area contributed by atoms with Crippen molar-refractivity contribution in [2.75, 3.05) is 4.90 Å². The minimum absolute atomic E-state index is 0.00166. The average Bonchev–Trinajstić information content (AvgIpc) is 3.37. The highest BCUT2D eigenvalue weighted by Crippen LogP contribution is 2.30. The van der Waals surface area contributed by atoms with Crippen LogP contribution in [0.5, 0.6) is 0 Å². The number of nitrogens with zero attached hydrogens (tertiary/aromatic N) is 2. The summed E-state index contributed by atoms with van der Waals surface area (Å²) in [4.78, 5) is 19.3. The number of amides is 1. The number of anilines is 2. The van der Waals surface area contributed by atoms with Crippen LogP contribution in [-0.2, 0) is 11.2 Å². The lowest BCUT2D eigenvalue weighted by Gasteiger charge is -2.19. The van der Waals surface area contributed by atoms with Crippen molar-refractivity contribution >= 4 is 28.1 Å². The average molecular weight is 388 g/mol. The molecule has 0 aliphatic carbocycles. The molecular formula is C23H20N2O2S. The maximum atomic E-state index is 13.1. The smallest absolute Gasteiger partial charge is 0.233 e. The second-order valence-corrected chi connectivity index (χ2v) is 7.30. The highest BCUT2D eigenvalue weighted by Gasteiger charge is 2.21. The van der Waals surface area contributed by atoms with Gasteiger partial charge in [-0.2, -0.15) is 0 Å². The van der Waals surface area contributed by atoms with E-state index in [0.29, 0.717) is 18.0 Å². The van der Waals surface area contributed by atoms with Crippen molar-refractivity contribution in [3.05, 3.63) is 89.6 Å². The minimum Gasteiger partial charge on any atom is -0.461 e. The summed E-state index contributed by atoms with van der Waals surface area (Å²) in [6.07, 6.45) is 0.884. The Morgan fingerprint density at radius 3 is 2.39 bits per heavy atom. The zero-order chi connectivity index (χ0) is 19.3. The van der Waals surface area contributed by atoms with E-state index in [4.69, 9.17) is 4.42 Å². The molecule has 2 aromatic carbocycles. The number of rotatable bonds is 6. The summed E-state index contributed by atoms with van der Waals surface area (Å²) in [6, 6.07) is 23.5. The predicted octanol–water partition coefficient (Wildman–Crippen LogP) is 6.01. The fourth-order valence-electron chi connectivity index (χ4n) is 2.99. The Kier molecular flexibility index (Phi) is 5.35. The number of para-hydroxylation sites is 1. The van der Waals surface area contributed by atoms with Gasteiger partial charge in [-0.15, -0.1) is 11.3 Å². The number of carbonyl (C=O) groups excluding carboxylic acids is 1. The van der Waals surface area contributed by atoms with Crippen LogP contribution in [-0.4, -0.2) is 10.9 Å². The molecule has 4 nitrogen and oxygen atoms in total. The monoisotopic (exact) mass is 388 g/mol. The van der Waals surface area contributed by atoms with Gasteiger partial charge >= 0.3 is 0 Å². The normalized spacial score (nSPS) is 10.8. The van der Waals surface area contributed by atoms with Gasteiger partial charge in [0.05, 0.1) is 11.4 Å². The van der Waals surface area contributed by atoms with Crippen LogP contribution in [0.2, 0.25) is 0 Å². The summed E-state index contributed by atoms with van der Waals surface area (Å²) in [5.41, 5.74) is 2.77. The van der Waals surface area contributed by atoms with E-state index in [-0.39, 0.29) is 5.91 Å². The Balaban J connectivity index is 1.50. The third-order valence-electron chi connectivity index (χ3n) is 4.37. The van der Waals surface area contributed by atoms with E-state index in [1.165, 1.54) is 11.3 Å². The molecule has 0 saturated heterocycles. The van der Waals surface area contributed by atoms with Gasteiger partial charge in [0.25, 0.3) is 0 Å². The van der Waals surface area contributed by atoms with Gasteiger partial charge in [0.1, 0.15) is 11.5 Å². The Morgan fingerprint density at radius 1 is 1.00 bits per heavy atom. The van der Waals surface area contributed by atoms with Gasteiger partial charge in [0, 0.05) is 23.8 Å². The van der Waals surface area contributed by atoms with E-state index in [0.717, 1.165) is 28.5 Å². The van der Waals surface area contributed by atoms with Gasteiger partial charge in [-0.25, -0.2) is 4.98 Å². The minimum atomic E-state index is -0.00166. The summed E-state index contributed by atoms with van der Waals surface area (Å²) in [5.74, 6) is 1.62. The van der Waals surface area contributed by atoms with Gasteiger partial charge in [-0.1, -0.05) is 48.5 Å². The van der Waals surface area contributed by atoms with Gasteiger partial charge in [0.2, 0.25) is 5.91 Å². The van der Waals surface area contributed by atoms with E-state index in [2.05, 4.69) is 4.98 Å². The van der Waals surface area contributed by atoms with Crippen LogP contribution >= 0.6 is 11.3 Å². The molecule has 28 heavy (non-hydrogen) atoms. The van der Waals surface area contributed by atoms with Crippen LogP contribution < -0.4 is 4.90 Å². The van der Waals surface area contributed by atoms with E-state index >= 15 is 0 Å². The second kappa shape index (κ2) is 8.23.